The van der Waals surface area contributed by atoms with E-state index in [0.29, 0.717) is 19.7 Å². The third kappa shape index (κ3) is 3.97. The molecule has 1 aromatic rings. The molecule has 20 heavy (non-hydrogen) atoms. The maximum Gasteiger partial charge on any atom is 0.410 e. The second kappa shape index (κ2) is 5.44. The number of likely N-dealkylation sites (tertiary alicyclic amines) is 1. The third-order valence-electron chi connectivity index (χ3n) is 3.13. The van der Waals surface area contributed by atoms with Crippen LogP contribution in [0.25, 0.3) is 0 Å². The molecule has 2 rings (SSSR count). The van der Waals surface area contributed by atoms with E-state index in [9.17, 15) is 4.79 Å². The summed E-state index contributed by atoms with van der Waals surface area (Å²) in [4.78, 5) is 13.5. The minimum Gasteiger partial charge on any atom is -0.444 e. The van der Waals surface area contributed by atoms with Gasteiger partial charge in [-0.25, -0.2) is 4.79 Å². The van der Waals surface area contributed by atoms with Gasteiger partial charge in [0.15, 0.2) is 0 Å². The molecule has 1 saturated heterocycles. The molecule has 0 aliphatic carbocycles. The van der Waals surface area contributed by atoms with E-state index in [4.69, 9.17) is 9.47 Å². The molecule has 110 valence electrons. The zero-order chi connectivity index (χ0) is 14.8. The van der Waals surface area contributed by atoms with Gasteiger partial charge < -0.3 is 14.4 Å². The van der Waals surface area contributed by atoms with Crippen LogP contribution in [-0.2, 0) is 16.1 Å². The first-order chi connectivity index (χ1) is 9.27. The summed E-state index contributed by atoms with van der Waals surface area (Å²) in [6.45, 7) is 9.36. The highest BCUT2D eigenvalue weighted by Gasteiger charge is 2.43. The summed E-state index contributed by atoms with van der Waals surface area (Å²) < 4.78 is 11.2. The van der Waals surface area contributed by atoms with Crippen molar-refractivity contribution in [1.82, 2.24) is 4.90 Å². The largest absolute Gasteiger partial charge is 0.444 e. The molecule has 1 aliphatic heterocycles. The Kier molecular flexibility index (Phi) is 4.04. The van der Waals surface area contributed by atoms with Crippen LogP contribution < -0.4 is 0 Å². The van der Waals surface area contributed by atoms with Gasteiger partial charge in [0.2, 0.25) is 0 Å². The van der Waals surface area contributed by atoms with Crippen molar-refractivity contribution in [2.24, 2.45) is 0 Å². The van der Waals surface area contributed by atoms with Crippen molar-refractivity contribution in [1.29, 1.82) is 0 Å². The number of hydrogen-bond acceptors (Lipinski definition) is 3. The van der Waals surface area contributed by atoms with E-state index in [0.717, 1.165) is 5.56 Å². The zero-order valence-electron chi connectivity index (χ0n) is 12.7. The molecule has 0 saturated carbocycles. The average molecular weight is 277 g/mol. The minimum absolute atomic E-state index is 0.265. The van der Waals surface area contributed by atoms with E-state index in [1.165, 1.54) is 0 Å². The highest BCUT2D eigenvalue weighted by molar-refractivity contribution is 5.69. The van der Waals surface area contributed by atoms with Crippen LogP contribution in [0.3, 0.4) is 0 Å². The van der Waals surface area contributed by atoms with Gasteiger partial charge in [-0.1, -0.05) is 30.3 Å². The minimum atomic E-state index is -0.450. The van der Waals surface area contributed by atoms with Crippen molar-refractivity contribution in [3.63, 3.8) is 0 Å². The first-order valence-corrected chi connectivity index (χ1v) is 6.93. The van der Waals surface area contributed by atoms with Crippen LogP contribution >= 0.6 is 0 Å². The van der Waals surface area contributed by atoms with Gasteiger partial charge in [-0.05, 0) is 33.3 Å². The molecule has 0 aromatic heterocycles. The monoisotopic (exact) mass is 277 g/mol. The molecular formula is C16H23NO3. The van der Waals surface area contributed by atoms with E-state index in [1.54, 1.807) is 4.90 Å². The van der Waals surface area contributed by atoms with Crippen molar-refractivity contribution >= 4 is 6.09 Å². The summed E-state index contributed by atoms with van der Waals surface area (Å²) >= 11 is 0. The van der Waals surface area contributed by atoms with Crippen LogP contribution in [-0.4, -0.2) is 35.3 Å². The second-order valence-electron chi connectivity index (χ2n) is 6.56. The molecule has 0 bridgehead atoms. The first-order valence-electron chi connectivity index (χ1n) is 6.93. The number of carbonyl (C=O) groups excluding carboxylic acids is 1. The fraction of sp³-hybridized carbons (Fsp3) is 0.562. The van der Waals surface area contributed by atoms with Crippen molar-refractivity contribution in [2.45, 2.75) is 45.5 Å². The van der Waals surface area contributed by atoms with E-state index < -0.39 is 5.60 Å². The second-order valence-corrected chi connectivity index (χ2v) is 6.56. The van der Waals surface area contributed by atoms with Crippen molar-refractivity contribution in [3.8, 4) is 0 Å². The lowest BCUT2D eigenvalue weighted by molar-refractivity contribution is -0.135. The Hall–Kier alpha value is -1.55. The molecule has 1 heterocycles. The van der Waals surface area contributed by atoms with E-state index >= 15 is 0 Å². The van der Waals surface area contributed by atoms with Crippen LogP contribution in [0.4, 0.5) is 4.79 Å². The number of carbonyl (C=O) groups is 1. The molecule has 1 fully saturated rings. The van der Waals surface area contributed by atoms with Crippen LogP contribution in [0.15, 0.2) is 30.3 Å². The van der Waals surface area contributed by atoms with Crippen LogP contribution in [0.1, 0.15) is 33.3 Å². The smallest absolute Gasteiger partial charge is 0.410 e. The first kappa shape index (κ1) is 14.9. The quantitative estimate of drug-likeness (QED) is 0.851. The molecule has 1 amide bonds. The van der Waals surface area contributed by atoms with Crippen LogP contribution in [0.2, 0.25) is 0 Å². The molecule has 0 atom stereocenters. The Labute approximate surface area is 120 Å². The summed E-state index contributed by atoms with van der Waals surface area (Å²) in [6, 6.07) is 10.0. The summed E-state index contributed by atoms with van der Waals surface area (Å²) in [6.07, 6.45) is -0.265. The predicted molar refractivity (Wildman–Crippen MR) is 77.4 cm³/mol. The summed E-state index contributed by atoms with van der Waals surface area (Å²) in [5.41, 5.74) is 0.421. The number of hydrogen-bond donors (Lipinski definition) is 0. The lowest BCUT2D eigenvalue weighted by Gasteiger charge is -2.47. The van der Waals surface area contributed by atoms with E-state index in [2.05, 4.69) is 0 Å². The molecule has 1 aromatic carbocycles. The SMILES string of the molecule is CC(C)(C)OC(=O)N1CC(C)(OCc2ccccc2)C1. The normalized spacial score (nSPS) is 17.5. The lowest BCUT2D eigenvalue weighted by Crippen LogP contribution is -2.63. The van der Waals surface area contributed by atoms with Gasteiger partial charge in [-0.3, -0.25) is 0 Å². The van der Waals surface area contributed by atoms with Gasteiger partial charge in [0.25, 0.3) is 0 Å². The van der Waals surface area contributed by atoms with E-state index in [1.807, 2.05) is 58.0 Å². The summed E-state index contributed by atoms with van der Waals surface area (Å²) in [5, 5.41) is 0. The zero-order valence-corrected chi connectivity index (χ0v) is 12.7. The van der Waals surface area contributed by atoms with Crippen molar-refractivity contribution < 1.29 is 14.3 Å². The highest BCUT2D eigenvalue weighted by atomic mass is 16.6. The van der Waals surface area contributed by atoms with Gasteiger partial charge in [0.05, 0.1) is 19.7 Å². The molecule has 0 radical (unpaired) electrons. The fourth-order valence-electron chi connectivity index (χ4n) is 2.14. The maximum absolute atomic E-state index is 11.9. The Balaban J connectivity index is 1.78. The Bertz CT molecular complexity index is 458. The average Bonchev–Trinajstić information content (AvgIpc) is 2.32. The van der Waals surface area contributed by atoms with Gasteiger partial charge in [-0.15, -0.1) is 0 Å². The standard InChI is InChI=1S/C16H23NO3/c1-15(2,3)20-14(18)17-11-16(4,12-17)19-10-13-8-6-5-7-9-13/h5-9H,10-12H2,1-4H3. The number of nitrogens with zero attached hydrogens (tertiary/aromatic N) is 1. The topological polar surface area (TPSA) is 38.8 Å². The van der Waals surface area contributed by atoms with Crippen LogP contribution in [0.5, 0.6) is 0 Å². The van der Waals surface area contributed by atoms with Gasteiger partial charge >= 0.3 is 6.09 Å². The maximum atomic E-state index is 11.9. The number of rotatable bonds is 3. The Morgan fingerprint density at radius 1 is 1.25 bits per heavy atom. The Morgan fingerprint density at radius 2 is 1.85 bits per heavy atom. The molecule has 0 N–H and O–H groups in total. The molecule has 0 spiro atoms. The van der Waals surface area contributed by atoms with Gasteiger partial charge in [0, 0.05) is 0 Å². The number of benzene rings is 1. The summed E-state index contributed by atoms with van der Waals surface area (Å²) in [5.74, 6) is 0. The molecule has 4 nitrogen and oxygen atoms in total. The number of amides is 1. The molecular weight excluding hydrogens is 254 g/mol. The molecule has 0 unspecified atom stereocenters. The van der Waals surface area contributed by atoms with E-state index in [-0.39, 0.29) is 11.7 Å². The van der Waals surface area contributed by atoms with Crippen molar-refractivity contribution in [2.75, 3.05) is 13.1 Å². The molecule has 1 aliphatic rings. The number of ether oxygens (including phenoxy) is 2. The predicted octanol–water partition coefficient (Wildman–Crippen LogP) is 3.21. The highest BCUT2D eigenvalue weighted by Crippen LogP contribution is 2.27. The van der Waals surface area contributed by atoms with Gasteiger partial charge in [-0.2, -0.15) is 0 Å². The van der Waals surface area contributed by atoms with Gasteiger partial charge in [0.1, 0.15) is 11.2 Å². The lowest BCUT2D eigenvalue weighted by atomic mass is 9.97. The van der Waals surface area contributed by atoms with Crippen LogP contribution in [0, 0.1) is 0 Å². The summed E-state index contributed by atoms with van der Waals surface area (Å²) in [7, 11) is 0. The molecule has 4 heteroatoms. The fourth-order valence-corrected chi connectivity index (χ4v) is 2.14. The third-order valence-corrected chi connectivity index (χ3v) is 3.13. The van der Waals surface area contributed by atoms with Crippen molar-refractivity contribution in [3.05, 3.63) is 35.9 Å². The Morgan fingerprint density at radius 3 is 2.40 bits per heavy atom.